The molecule has 0 spiro atoms. The monoisotopic (exact) mass is 341 g/mol. The summed E-state index contributed by atoms with van der Waals surface area (Å²) in [6.07, 6.45) is 0. The van der Waals surface area contributed by atoms with Gasteiger partial charge in [0.1, 0.15) is 0 Å². The number of rotatable bonds is 4. The molecule has 2 saturated heterocycles. The Bertz CT molecular complexity index is 628. The first-order chi connectivity index (χ1) is 10.6. The van der Waals surface area contributed by atoms with Gasteiger partial charge in [-0.1, -0.05) is 30.0 Å². The van der Waals surface area contributed by atoms with Crippen molar-refractivity contribution in [1.82, 2.24) is 14.1 Å². The number of thioether (sulfide) groups is 1. The van der Waals surface area contributed by atoms with Crippen LogP contribution in [0.15, 0.2) is 35.2 Å². The molecule has 1 aromatic rings. The quantitative estimate of drug-likeness (QED) is 0.821. The molecule has 2 aliphatic rings. The Morgan fingerprint density at radius 3 is 2.27 bits per heavy atom. The summed E-state index contributed by atoms with van der Waals surface area (Å²) in [6, 6.07) is 8.53. The number of carbonyl (C=O) groups is 1. The van der Waals surface area contributed by atoms with Gasteiger partial charge in [0.25, 0.3) is 5.24 Å². The maximum atomic E-state index is 12.5. The summed E-state index contributed by atoms with van der Waals surface area (Å²) in [5.41, 5.74) is 0. The van der Waals surface area contributed by atoms with Crippen LogP contribution in [-0.2, 0) is 10.0 Å². The predicted molar refractivity (Wildman–Crippen MR) is 86.2 cm³/mol. The van der Waals surface area contributed by atoms with E-state index >= 15 is 0 Å². The van der Waals surface area contributed by atoms with E-state index in [9.17, 15) is 13.2 Å². The molecule has 6 nitrogen and oxygen atoms in total. The second kappa shape index (κ2) is 6.57. The minimum absolute atomic E-state index is 0.124. The zero-order chi connectivity index (χ0) is 15.6. The fraction of sp³-hybridized carbons (Fsp3) is 0.500. The van der Waals surface area contributed by atoms with E-state index < -0.39 is 10.0 Å². The van der Waals surface area contributed by atoms with Crippen molar-refractivity contribution in [3.63, 3.8) is 0 Å². The lowest BCUT2D eigenvalue weighted by atomic mass is 10.4. The summed E-state index contributed by atoms with van der Waals surface area (Å²) >= 11 is 1.35. The Balaban J connectivity index is 1.58. The van der Waals surface area contributed by atoms with Gasteiger partial charge in [-0.2, -0.15) is 4.31 Å². The molecule has 8 heteroatoms. The number of hydrogen-bond donors (Lipinski definition) is 0. The standard InChI is InChI=1S/C14H19N3O3S2/c18-14-16(10-11-21-14)12-15-6-8-17(9-7-15)22(19,20)13-4-2-1-3-5-13/h1-5H,6-12H2. The Morgan fingerprint density at radius 2 is 1.68 bits per heavy atom. The molecule has 0 radical (unpaired) electrons. The van der Waals surface area contributed by atoms with Gasteiger partial charge in [0.05, 0.1) is 11.6 Å². The van der Waals surface area contributed by atoms with Crippen LogP contribution in [0.4, 0.5) is 4.79 Å². The first-order valence-electron chi connectivity index (χ1n) is 7.26. The maximum Gasteiger partial charge on any atom is 0.282 e. The molecular formula is C14H19N3O3S2. The highest BCUT2D eigenvalue weighted by molar-refractivity contribution is 8.13. The molecule has 0 N–H and O–H groups in total. The number of sulfonamides is 1. The highest BCUT2D eigenvalue weighted by atomic mass is 32.2. The zero-order valence-electron chi connectivity index (χ0n) is 12.2. The Kier molecular flexibility index (Phi) is 4.72. The highest BCUT2D eigenvalue weighted by Gasteiger charge is 2.30. The molecule has 2 fully saturated rings. The van der Waals surface area contributed by atoms with Crippen LogP contribution in [0.2, 0.25) is 0 Å². The second-order valence-electron chi connectivity index (χ2n) is 5.35. The molecule has 0 unspecified atom stereocenters. The van der Waals surface area contributed by atoms with Crippen molar-refractivity contribution in [3.8, 4) is 0 Å². The van der Waals surface area contributed by atoms with Gasteiger partial charge in [0.2, 0.25) is 10.0 Å². The van der Waals surface area contributed by atoms with Gasteiger partial charge in [-0.05, 0) is 12.1 Å². The van der Waals surface area contributed by atoms with E-state index in [0.29, 0.717) is 37.7 Å². The maximum absolute atomic E-state index is 12.5. The fourth-order valence-corrected chi connectivity index (χ4v) is 4.91. The minimum Gasteiger partial charge on any atom is -0.320 e. The van der Waals surface area contributed by atoms with Crippen LogP contribution in [0.3, 0.4) is 0 Å². The van der Waals surface area contributed by atoms with Crippen molar-refractivity contribution in [1.29, 1.82) is 0 Å². The van der Waals surface area contributed by atoms with Gasteiger partial charge in [-0.3, -0.25) is 9.69 Å². The molecule has 0 aliphatic carbocycles. The highest BCUT2D eigenvalue weighted by Crippen LogP contribution is 2.20. The van der Waals surface area contributed by atoms with Crippen LogP contribution in [0, 0.1) is 0 Å². The molecule has 2 aliphatic heterocycles. The van der Waals surface area contributed by atoms with E-state index in [-0.39, 0.29) is 5.24 Å². The fourth-order valence-electron chi connectivity index (χ4n) is 2.65. The van der Waals surface area contributed by atoms with Crippen LogP contribution in [0.5, 0.6) is 0 Å². The van der Waals surface area contributed by atoms with Crippen LogP contribution < -0.4 is 0 Å². The van der Waals surface area contributed by atoms with Crippen LogP contribution in [-0.4, -0.2) is 72.9 Å². The zero-order valence-corrected chi connectivity index (χ0v) is 13.9. The molecule has 3 rings (SSSR count). The average Bonchev–Trinajstić information content (AvgIpc) is 2.94. The van der Waals surface area contributed by atoms with Gasteiger partial charge in [-0.25, -0.2) is 8.42 Å². The lowest BCUT2D eigenvalue weighted by Crippen LogP contribution is -2.51. The molecule has 0 saturated carbocycles. The molecule has 0 aromatic heterocycles. The normalized spacial score (nSPS) is 21.5. The van der Waals surface area contributed by atoms with Gasteiger partial charge < -0.3 is 4.90 Å². The van der Waals surface area contributed by atoms with E-state index in [2.05, 4.69) is 4.90 Å². The van der Waals surface area contributed by atoms with Gasteiger partial charge in [-0.15, -0.1) is 0 Å². The summed E-state index contributed by atoms with van der Waals surface area (Å²) in [6.45, 7) is 3.62. The number of benzene rings is 1. The molecule has 1 aromatic carbocycles. The first kappa shape index (κ1) is 15.8. The largest absolute Gasteiger partial charge is 0.320 e. The lowest BCUT2D eigenvalue weighted by molar-refractivity contribution is 0.126. The molecular weight excluding hydrogens is 322 g/mol. The van der Waals surface area contributed by atoms with Crippen molar-refractivity contribution in [2.24, 2.45) is 0 Å². The topological polar surface area (TPSA) is 60.9 Å². The summed E-state index contributed by atoms with van der Waals surface area (Å²) in [5.74, 6) is 0.848. The number of nitrogens with zero attached hydrogens (tertiary/aromatic N) is 3. The average molecular weight is 341 g/mol. The smallest absolute Gasteiger partial charge is 0.282 e. The van der Waals surface area contributed by atoms with Gasteiger partial charge in [0, 0.05) is 38.5 Å². The van der Waals surface area contributed by atoms with Crippen molar-refractivity contribution in [3.05, 3.63) is 30.3 Å². The predicted octanol–water partition coefficient (Wildman–Crippen LogP) is 1.12. The summed E-state index contributed by atoms with van der Waals surface area (Å²) < 4.78 is 26.6. The first-order valence-corrected chi connectivity index (χ1v) is 9.69. The van der Waals surface area contributed by atoms with Crippen LogP contribution in [0.1, 0.15) is 0 Å². The minimum atomic E-state index is -3.40. The third-order valence-electron chi connectivity index (χ3n) is 3.93. The number of hydrogen-bond acceptors (Lipinski definition) is 5. The Labute approximate surface area is 135 Å². The van der Waals surface area contributed by atoms with Gasteiger partial charge in [0.15, 0.2) is 0 Å². The van der Waals surface area contributed by atoms with Crippen molar-refractivity contribution < 1.29 is 13.2 Å². The number of piperazine rings is 1. The van der Waals surface area contributed by atoms with E-state index in [4.69, 9.17) is 0 Å². The SMILES string of the molecule is O=C1SCCN1CN1CCN(S(=O)(=O)c2ccccc2)CC1. The lowest BCUT2D eigenvalue weighted by Gasteiger charge is -2.35. The second-order valence-corrected chi connectivity index (χ2v) is 8.34. The Hall–Kier alpha value is -1.09. The molecule has 1 amide bonds. The summed E-state index contributed by atoms with van der Waals surface area (Å²) in [7, 11) is -3.40. The third-order valence-corrected chi connectivity index (χ3v) is 6.73. The van der Waals surface area contributed by atoms with E-state index in [1.807, 2.05) is 11.0 Å². The molecule has 22 heavy (non-hydrogen) atoms. The molecule has 120 valence electrons. The van der Waals surface area contributed by atoms with E-state index in [0.717, 1.165) is 12.3 Å². The summed E-state index contributed by atoms with van der Waals surface area (Å²) in [5, 5.41) is 0.124. The molecule has 0 atom stereocenters. The van der Waals surface area contributed by atoms with E-state index in [1.165, 1.54) is 16.1 Å². The summed E-state index contributed by atoms with van der Waals surface area (Å²) in [4.78, 5) is 15.9. The van der Waals surface area contributed by atoms with E-state index in [1.54, 1.807) is 24.3 Å². The van der Waals surface area contributed by atoms with Gasteiger partial charge >= 0.3 is 0 Å². The van der Waals surface area contributed by atoms with Crippen molar-refractivity contribution in [2.45, 2.75) is 4.90 Å². The number of amides is 1. The molecule has 2 heterocycles. The Morgan fingerprint density at radius 1 is 1.00 bits per heavy atom. The molecule has 0 bridgehead atoms. The van der Waals surface area contributed by atoms with Crippen LogP contribution >= 0.6 is 11.8 Å². The third kappa shape index (κ3) is 3.29. The van der Waals surface area contributed by atoms with Crippen molar-refractivity contribution in [2.75, 3.05) is 45.1 Å². The van der Waals surface area contributed by atoms with Crippen molar-refractivity contribution >= 4 is 27.0 Å². The van der Waals surface area contributed by atoms with Crippen LogP contribution in [0.25, 0.3) is 0 Å². The number of carbonyl (C=O) groups excluding carboxylic acids is 1.